The van der Waals surface area contributed by atoms with Crippen molar-refractivity contribution in [2.45, 2.75) is 64.8 Å². The summed E-state index contributed by atoms with van der Waals surface area (Å²) in [7, 11) is 0. The normalized spacial score (nSPS) is 35.0. The summed E-state index contributed by atoms with van der Waals surface area (Å²) in [5, 5.41) is 12.3. The number of carbonyl (C=O) groups excluding carboxylic acids is 2. The quantitative estimate of drug-likeness (QED) is 0.687. The van der Waals surface area contributed by atoms with Crippen molar-refractivity contribution in [1.29, 1.82) is 0 Å². The summed E-state index contributed by atoms with van der Waals surface area (Å²) in [6.45, 7) is 3.66. The maximum Gasteiger partial charge on any atom is 0.326 e. The number of esters is 1. The van der Waals surface area contributed by atoms with Crippen molar-refractivity contribution < 1.29 is 24.2 Å². The van der Waals surface area contributed by atoms with Gasteiger partial charge in [0.05, 0.1) is 13.0 Å². The number of aliphatic carboxylic acids is 1. The molecule has 0 unspecified atom stereocenters. The van der Waals surface area contributed by atoms with E-state index in [0.717, 1.165) is 19.3 Å². The van der Waals surface area contributed by atoms with Gasteiger partial charge in [-0.05, 0) is 69.1 Å². The van der Waals surface area contributed by atoms with Crippen molar-refractivity contribution >= 4 is 17.8 Å². The molecule has 140 valence electrons. The molecule has 0 saturated heterocycles. The number of nitrogens with one attached hydrogen (secondary N) is 1. The Bertz CT molecular complexity index is 523. The fraction of sp³-hybridized carbons (Fsp3) is 0.842. The molecule has 0 radical (unpaired) electrons. The first-order valence-electron chi connectivity index (χ1n) is 9.52. The van der Waals surface area contributed by atoms with Gasteiger partial charge in [-0.2, -0.15) is 0 Å². The van der Waals surface area contributed by atoms with Gasteiger partial charge in [-0.15, -0.1) is 0 Å². The van der Waals surface area contributed by atoms with E-state index in [4.69, 9.17) is 4.74 Å². The Hall–Kier alpha value is -1.59. The summed E-state index contributed by atoms with van der Waals surface area (Å²) in [5.41, 5.74) is -0.383. The van der Waals surface area contributed by atoms with Gasteiger partial charge in [0.1, 0.15) is 6.04 Å². The predicted molar refractivity (Wildman–Crippen MR) is 90.6 cm³/mol. The molecule has 2 N–H and O–H groups in total. The van der Waals surface area contributed by atoms with E-state index in [1.807, 2.05) is 0 Å². The van der Waals surface area contributed by atoms with Gasteiger partial charge in [-0.25, -0.2) is 4.79 Å². The van der Waals surface area contributed by atoms with Gasteiger partial charge in [0.2, 0.25) is 5.91 Å². The Morgan fingerprint density at radius 3 is 2.08 bits per heavy atom. The SMILES string of the molecule is CCOC(=O)C[C@H](C)[C@H](NC(=O)C12CC3CC(CC(C3)C1)C2)C(=O)O. The monoisotopic (exact) mass is 351 g/mol. The van der Waals surface area contributed by atoms with Gasteiger partial charge in [0, 0.05) is 5.41 Å². The zero-order valence-electron chi connectivity index (χ0n) is 15.1. The highest BCUT2D eigenvalue weighted by Crippen LogP contribution is 2.60. The van der Waals surface area contributed by atoms with Crippen molar-refractivity contribution in [1.82, 2.24) is 5.32 Å². The molecule has 0 aromatic carbocycles. The second-order valence-electron chi connectivity index (χ2n) is 8.47. The molecular formula is C19H29NO5. The fourth-order valence-electron chi connectivity index (χ4n) is 5.73. The first-order valence-corrected chi connectivity index (χ1v) is 9.52. The van der Waals surface area contributed by atoms with Crippen LogP contribution in [-0.2, 0) is 19.1 Å². The smallest absolute Gasteiger partial charge is 0.326 e. The lowest BCUT2D eigenvalue weighted by atomic mass is 9.49. The van der Waals surface area contributed by atoms with E-state index < -0.39 is 23.9 Å². The first-order chi connectivity index (χ1) is 11.8. The van der Waals surface area contributed by atoms with Crippen LogP contribution in [0.15, 0.2) is 0 Å². The van der Waals surface area contributed by atoms with E-state index in [2.05, 4.69) is 5.32 Å². The molecule has 4 saturated carbocycles. The first kappa shape index (κ1) is 18.2. The Morgan fingerprint density at radius 2 is 1.64 bits per heavy atom. The molecule has 0 aliphatic heterocycles. The lowest BCUT2D eigenvalue weighted by Gasteiger charge is -2.55. The molecule has 0 aromatic heterocycles. The van der Waals surface area contributed by atoms with Gasteiger partial charge >= 0.3 is 11.9 Å². The minimum atomic E-state index is -1.09. The van der Waals surface area contributed by atoms with Crippen LogP contribution >= 0.6 is 0 Å². The molecular weight excluding hydrogens is 322 g/mol. The van der Waals surface area contributed by atoms with Gasteiger partial charge in [-0.3, -0.25) is 9.59 Å². The minimum Gasteiger partial charge on any atom is -0.480 e. The second-order valence-corrected chi connectivity index (χ2v) is 8.47. The maximum absolute atomic E-state index is 13.0. The van der Waals surface area contributed by atoms with Crippen LogP contribution in [0.25, 0.3) is 0 Å². The van der Waals surface area contributed by atoms with Crippen molar-refractivity contribution in [2.24, 2.45) is 29.1 Å². The molecule has 0 heterocycles. The van der Waals surface area contributed by atoms with Crippen LogP contribution in [0, 0.1) is 29.1 Å². The summed E-state index contributed by atoms with van der Waals surface area (Å²) in [6, 6.07) is -1.05. The molecule has 4 rings (SSSR count). The number of amides is 1. The highest BCUT2D eigenvalue weighted by molar-refractivity contribution is 5.88. The van der Waals surface area contributed by atoms with E-state index in [1.165, 1.54) is 19.3 Å². The van der Waals surface area contributed by atoms with E-state index in [9.17, 15) is 19.5 Å². The van der Waals surface area contributed by atoms with E-state index in [0.29, 0.717) is 17.8 Å². The highest BCUT2D eigenvalue weighted by Gasteiger charge is 2.55. The van der Waals surface area contributed by atoms with Gasteiger partial charge < -0.3 is 15.2 Å². The summed E-state index contributed by atoms with van der Waals surface area (Å²) in [5.74, 6) is -0.268. The summed E-state index contributed by atoms with van der Waals surface area (Å²) in [6.07, 6.45) is 6.36. The van der Waals surface area contributed by atoms with Crippen molar-refractivity contribution in [3.63, 3.8) is 0 Å². The standard InChI is InChI=1S/C19H29NO5/c1-3-25-15(21)4-11(2)16(17(22)23)20-18(24)19-8-12-5-13(9-19)7-14(6-12)10-19/h11-14,16H,3-10H2,1-2H3,(H,20,24)(H,22,23)/t11-,12?,13?,14?,16-,19?/m0/s1. The highest BCUT2D eigenvalue weighted by atomic mass is 16.5. The maximum atomic E-state index is 13.0. The Kier molecular flexibility index (Phi) is 5.07. The zero-order valence-corrected chi connectivity index (χ0v) is 15.1. The largest absolute Gasteiger partial charge is 0.480 e. The number of hydrogen-bond donors (Lipinski definition) is 2. The topological polar surface area (TPSA) is 92.7 Å². The van der Waals surface area contributed by atoms with Crippen LogP contribution in [0.5, 0.6) is 0 Å². The predicted octanol–water partition coefficient (Wildman–Crippen LogP) is 2.36. The number of carboxylic acid groups (broad SMARTS) is 1. The van der Waals surface area contributed by atoms with E-state index in [1.54, 1.807) is 13.8 Å². The van der Waals surface area contributed by atoms with Crippen LogP contribution in [0.3, 0.4) is 0 Å². The van der Waals surface area contributed by atoms with Crippen molar-refractivity contribution in [2.75, 3.05) is 6.61 Å². The third-order valence-corrected chi connectivity index (χ3v) is 6.44. The van der Waals surface area contributed by atoms with Crippen LogP contribution in [0.4, 0.5) is 0 Å². The minimum absolute atomic E-state index is 0.00797. The van der Waals surface area contributed by atoms with Crippen molar-refractivity contribution in [3.05, 3.63) is 0 Å². The molecule has 4 aliphatic rings. The lowest BCUT2D eigenvalue weighted by molar-refractivity contribution is -0.154. The van der Waals surface area contributed by atoms with Gasteiger partial charge in [-0.1, -0.05) is 6.92 Å². The zero-order chi connectivity index (χ0) is 18.2. The average Bonchev–Trinajstić information content (AvgIpc) is 2.50. The van der Waals surface area contributed by atoms with Crippen LogP contribution < -0.4 is 5.32 Å². The number of carbonyl (C=O) groups is 3. The molecule has 25 heavy (non-hydrogen) atoms. The van der Waals surface area contributed by atoms with E-state index >= 15 is 0 Å². The third kappa shape index (κ3) is 3.67. The summed E-state index contributed by atoms with van der Waals surface area (Å²) >= 11 is 0. The number of rotatable bonds is 7. The average molecular weight is 351 g/mol. The molecule has 4 bridgehead atoms. The Balaban J connectivity index is 1.67. The Morgan fingerprint density at radius 1 is 1.12 bits per heavy atom. The third-order valence-electron chi connectivity index (χ3n) is 6.44. The molecule has 0 spiro atoms. The molecule has 4 fully saturated rings. The Labute approximate surface area is 148 Å². The van der Waals surface area contributed by atoms with Crippen molar-refractivity contribution in [3.8, 4) is 0 Å². The lowest BCUT2D eigenvalue weighted by Crippen LogP contribution is -2.57. The fourth-order valence-corrected chi connectivity index (χ4v) is 5.73. The number of ether oxygens (including phenoxy) is 1. The molecule has 6 heteroatoms. The number of hydrogen-bond acceptors (Lipinski definition) is 4. The molecule has 4 aliphatic carbocycles. The summed E-state index contributed by atoms with van der Waals surface area (Å²) in [4.78, 5) is 36.4. The van der Waals surface area contributed by atoms with Gasteiger partial charge in [0.25, 0.3) is 0 Å². The molecule has 6 nitrogen and oxygen atoms in total. The van der Waals surface area contributed by atoms with E-state index in [-0.39, 0.29) is 24.3 Å². The molecule has 0 aromatic rings. The van der Waals surface area contributed by atoms with Crippen LogP contribution in [0.2, 0.25) is 0 Å². The van der Waals surface area contributed by atoms with Crippen LogP contribution in [0.1, 0.15) is 58.8 Å². The van der Waals surface area contributed by atoms with Crippen LogP contribution in [-0.4, -0.2) is 35.6 Å². The second kappa shape index (κ2) is 6.96. The number of carboxylic acids is 1. The molecule has 2 atom stereocenters. The van der Waals surface area contributed by atoms with Gasteiger partial charge in [0.15, 0.2) is 0 Å². The molecule has 1 amide bonds. The summed E-state index contributed by atoms with van der Waals surface area (Å²) < 4.78 is 4.90.